The van der Waals surface area contributed by atoms with Gasteiger partial charge in [0.25, 0.3) is 11.8 Å². The van der Waals surface area contributed by atoms with Crippen molar-refractivity contribution in [2.24, 2.45) is 5.73 Å². The number of aromatic nitrogens is 1. The highest BCUT2D eigenvalue weighted by Crippen LogP contribution is 2.51. The fraction of sp³-hybridized carbons (Fsp3) is 0.350. The number of hydrogen-bond acceptors (Lipinski definition) is 5. The number of pyridine rings is 1. The number of alkyl halides is 3. The minimum Gasteiger partial charge on any atom is -0.493 e. The number of carbonyl (C=O) groups is 2. The van der Waals surface area contributed by atoms with E-state index in [0.717, 1.165) is 32.2 Å². The first kappa shape index (κ1) is 23.4. The largest absolute Gasteiger partial charge is 0.493 e. The van der Waals surface area contributed by atoms with Crippen LogP contribution in [0.25, 0.3) is 0 Å². The maximum atomic E-state index is 14.2. The summed E-state index contributed by atoms with van der Waals surface area (Å²) in [5.41, 5.74) is 2.07. The van der Waals surface area contributed by atoms with Gasteiger partial charge in [0.2, 0.25) is 5.82 Å². The van der Waals surface area contributed by atoms with Crippen LogP contribution < -0.4 is 15.8 Å². The fourth-order valence-corrected chi connectivity index (χ4v) is 3.53. The Morgan fingerprint density at radius 3 is 2.56 bits per heavy atom. The molecular formula is C20H18F5N3O4. The third-order valence-corrected chi connectivity index (χ3v) is 5.18. The van der Waals surface area contributed by atoms with Gasteiger partial charge in [0.1, 0.15) is 11.8 Å². The quantitative estimate of drug-likeness (QED) is 0.668. The zero-order valence-corrected chi connectivity index (χ0v) is 16.8. The molecule has 1 aliphatic rings. The third kappa shape index (κ3) is 4.22. The van der Waals surface area contributed by atoms with E-state index in [-0.39, 0.29) is 16.9 Å². The third-order valence-electron chi connectivity index (χ3n) is 5.18. The summed E-state index contributed by atoms with van der Waals surface area (Å²) in [6, 6.07) is 4.19. The number of amides is 2. The normalized spacial score (nSPS) is 23.1. The van der Waals surface area contributed by atoms with Gasteiger partial charge in [-0.15, -0.1) is 0 Å². The topological polar surface area (TPSA) is 104 Å². The van der Waals surface area contributed by atoms with Crippen molar-refractivity contribution in [3.05, 3.63) is 53.4 Å². The molecule has 2 aromatic rings. The molecule has 1 fully saturated rings. The number of ether oxygens (including phenoxy) is 2. The lowest BCUT2D eigenvalue weighted by molar-refractivity contribution is -0.261. The number of nitrogens with one attached hydrogen (secondary N) is 1. The van der Waals surface area contributed by atoms with E-state index in [2.05, 4.69) is 10.3 Å². The molecule has 32 heavy (non-hydrogen) atoms. The Bertz CT molecular complexity index is 1060. The van der Waals surface area contributed by atoms with Crippen LogP contribution in [-0.2, 0) is 9.53 Å². The highest BCUT2D eigenvalue weighted by Gasteiger charge is 2.61. The van der Waals surface area contributed by atoms with Gasteiger partial charge in [-0.25, -0.2) is 4.39 Å². The van der Waals surface area contributed by atoms with Gasteiger partial charge in [-0.2, -0.15) is 17.6 Å². The van der Waals surface area contributed by atoms with Crippen LogP contribution in [0.5, 0.6) is 5.75 Å². The van der Waals surface area contributed by atoms with Gasteiger partial charge in [0.15, 0.2) is 17.2 Å². The molecule has 0 aliphatic carbocycles. The number of halogens is 5. The SMILES string of the molecule is COc1c([C@H]2C[C@@](C)(C(F)(F)F)O[C@@H]2C(=O)Nc2ccnc(C(N)=O)c2)ccc(F)c1F. The average Bonchev–Trinajstić information content (AvgIpc) is 3.09. The number of benzene rings is 1. The molecule has 1 aromatic carbocycles. The average molecular weight is 459 g/mol. The molecule has 7 nitrogen and oxygen atoms in total. The minimum atomic E-state index is -4.86. The Morgan fingerprint density at radius 2 is 1.97 bits per heavy atom. The van der Waals surface area contributed by atoms with E-state index < -0.39 is 59.4 Å². The van der Waals surface area contributed by atoms with Crippen LogP contribution in [0.4, 0.5) is 27.6 Å². The lowest BCUT2D eigenvalue weighted by Gasteiger charge is -2.27. The van der Waals surface area contributed by atoms with Crippen LogP contribution >= 0.6 is 0 Å². The maximum absolute atomic E-state index is 14.2. The molecule has 12 heteroatoms. The molecule has 0 unspecified atom stereocenters. The van der Waals surface area contributed by atoms with Crippen LogP contribution in [0, 0.1) is 11.6 Å². The van der Waals surface area contributed by atoms with E-state index in [9.17, 15) is 31.5 Å². The van der Waals surface area contributed by atoms with Crippen LogP contribution in [0.3, 0.4) is 0 Å². The monoisotopic (exact) mass is 459 g/mol. The van der Waals surface area contributed by atoms with E-state index >= 15 is 0 Å². The Morgan fingerprint density at radius 1 is 1.28 bits per heavy atom. The number of anilines is 1. The molecule has 0 radical (unpaired) electrons. The molecule has 0 bridgehead atoms. The Labute approximate surface area is 178 Å². The van der Waals surface area contributed by atoms with E-state index in [1.165, 1.54) is 12.3 Å². The van der Waals surface area contributed by atoms with Crippen molar-refractivity contribution in [3.8, 4) is 5.75 Å². The van der Waals surface area contributed by atoms with Crippen LogP contribution in [0.2, 0.25) is 0 Å². The standard InChI is InChI=1S/C20H18F5N3O4/c1-19(20(23,24)25)8-11(10-3-4-12(21)14(22)15(10)31-2)16(32-19)18(30)28-9-5-6-27-13(7-9)17(26)29/h3-7,11,16H,8H2,1-2H3,(H2,26,29)(H,27,28,30)/t11-,16+,19+/m1/s1. The molecule has 172 valence electrons. The van der Waals surface area contributed by atoms with E-state index in [1.807, 2.05) is 0 Å². The second-order valence-electron chi connectivity index (χ2n) is 7.34. The van der Waals surface area contributed by atoms with Crippen molar-refractivity contribution in [2.45, 2.75) is 37.1 Å². The van der Waals surface area contributed by atoms with Gasteiger partial charge in [-0.3, -0.25) is 14.6 Å². The summed E-state index contributed by atoms with van der Waals surface area (Å²) >= 11 is 0. The van der Waals surface area contributed by atoms with E-state index in [4.69, 9.17) is 15.2 Å². The Balaban J connectivity index is 2.01. The van der Waals surface area contributed by atoms with Gasteiger partial charge in [-0.05, 0) is 31.5 Å². The number of nitrogens with zero attached hydrogens (tertiary/aromatic N) is 1. The number of primary amides is 1. The summed E-state index contributed by atoms with van der Waals surface area (Å²) in [7, 11) is 1.03. The number of hydrogen-bond donors (Lipinski definition) is 2. The van der Waals surface area contributed by atoms with Gasteiger partial charge < -0.3 is 20.5 Å². The number of rotatable bonds is 5. The lowest BCUT2D eigenvalue weighted by atomic mass is 9.85. The molecule has 1 saturated heterocycles. The second kappa shape index (κ2) is 8.34. The minimum absolute atomic E-state index is 0.0269. The van der Waals surface area contributed by atoms with Crippen LogP contribution in [0.15, 0.2) is 30.5 Å². The zero-order chi connectivity index (χ0) is 23.8. The lowest BCUT2D eigenvalue weighted by Crippen LogP contribution is -2.43. The molecule has 1 aromatic heterocycles. The van der Waals surface area contributed by atoms with Gasteiger partial charge >= 0.3 is 6.18 Å². The first-order valence-corrected chi connectivity index (χ1v) is 9.21. The summed E-state index contributed by atoms with van der Waals surface area (Å²) in [6.45, 7) is 0.761. The zero-order valence-electron chi connectivity index (χ0n) is 16.8. The van der Waals surface area contributed by atoms with Crippen molar-refractivity contribution in [1.82, 2.24) is 4.98 Å². The van der Waals surface area contributed by atoms with Crippen LogP contribution in [-0.4, -0.2) is 41.8 Å². The number of methoxy groups -OCH3 is 1. The van der Waals surface area contributed by atoms with Gasteiger partial charge in [-0.1, -0.05) is 6.07 Å². The predicted octanol–water partition coefficient (Wildman–Crippen LogP) is 3.30. The number of nitrogens with two attached hydrogens (primary N) is 1. The second-order valence-corrected chi connectivity index (χ2v) is 7.34. The van der Waals surface area contributed by atoms with Crippen molar-refractivity contribution < 1.29 is 41.0 Å². The fourth-order valence-electron chi connectivity index (χ4n) is 3.53. The Kier molecular flexibility index (Phi) is 6.09. The maximum Gasteiger partial charge on any atom is 0.417 e. The molecule has 3 N–H and O–H groups in total. The van der Waals surface area contributed by atoms with Crippen molar-refractivity contribution >= 4 is 17.5 Å². The predicted molar refractivity (Wildman–Crippen MR) is 101 cm³/mol. The summed E-state index contributed by atoms with van der Waals surface area (Å²) in [6.07, 6.45) is -6.19. The molecule has 0 spiro atoms. The highest BCUT2D eigenvalue weighted by molar-refractivity contribution is 5.97. The molecule has 3 rings (SSSR count). The van der Waals surface area contributed by atoms with E-state index in [0.29, 0.717) is 0 Å². The number of carbonyl (C=O) groups excluding carboxylic acids is 2. The van der Waals surface area contributed by atoms with Gasteiger partial charge in [0.05, 0.1) is 7.11 Å². The van der Waals surface area contributed by atoms with Crippen molar-refractivity contribution in [1.29, 1.82) is 0 Å². The first-order chi connectivity index (χ1) is 14.9. The summed E-state index contributed by atoms with van der Waals surface area (Å²) < 4.78 is 78.9. The van der Waals surface area contributed by atoms with Crippen molar-refractivity contribution in [2.75, 3.05) is 12.4 Å². The molecule has 1 aliphatic heterocycles. The van der Waals surface area contributed by atoms with Crippen LogP contribution in [0.1, 0.15) is 35.3 Å². The van der Waals surface area contributed by atoms with E-state index in [1.54, 1.807) is 0 Å². The molecule has 3 atom stereocenters. The molecule has 2 amide bonds. The highest BCUT2D eigenvalue weighted by atomic mass is 19.4. The Hall–Kier alpha value is -3.28. The first-order valence-electron chi connectivity index (χ1n) is 9.21. The van der Waals surface area contributed by atoms with Gasteiger partial charge in [0, 0.05) is 23.4 Å². The summed E-state index contributed by atoms with van der Waals surface area (Å²) in [5.74, 6) is -6.50. The summed E-state index contributed by atoms with van der Waals surface area (Å²) in [4.78, 5) is 27.9. The smallest absolute Gasteiger partial charge is 0.417 e. The molecule has 0 saturated carbocycles. The molecular weight excluding hydrogens is 441 g/mol. The molecule has 2 heterocycles. The van der Waals surface area contributed by atoms with Crippen molar-refractivity contribution in [3.63, 3.8) is 0 Å². The summed E-state index contributed by atoms with van der Waals surface area (Å²) in [5, 5.41) is 2.34.